The Morgan fingerprint density at radius 1 is 1.60 bits per heavy atom. The second kappa shape index (κ2) is 2.30. The van der Waals surface area contributed by atoms with Gasteiger partial charge in [-0.3, -0.25) is 10.1 Å². The Morgan fingerprint density at radius 3 is 2.70 bits per heavy atom. The largest absolute Gasteiger partial charge is 0.501 e. The number of aromatic nitrogens is 1. The molecule has 0 atom stereocenters. The predicted molar refractivity (Wildman–Crippen MR) is 34.1 cm³/mol. The van der Waals surface area contributed by atoms with Crippen molar-refractivity contribution < 1.29 is 9.91 Å². The molecular formula is C5H6N3O2+. The van der Waals surface area contributed by atoms with E-state index in [9.17, 15) is 10.1 Å². The van der Waals surface area contributed by atoms with Gasteiger partial charge in [0.2, 0.25) is 0 Å². The van der Waals surface area contributed by atoms with Gasteiger partial charge in [-0.2, -0.15) is 0 Å². The number of nitrogen functional groups attached to an aromatic ring is 1. The van der Waals surface area contributed by atoms with Gasteiger partial charge in [0.15, 0.2) is 0 Å². The smallest absolute Gasteiger partial charge is 0.346 e. The third kappa shape index (κ3) is 1.19. The maximum Gasteiger partial charge on any atom is 0.501 e. The molecule has 0 radical (unpaired) electrons. The van der Waals surface area contributed by atoms with Crippen LogP contribution in [0.4, 0.5) is 11.6 Å². The molecule has 0 spiro atoms. The summed E-state index contributed by atoms with van der Waals surface area (Å²) in [6.45, 7) is 0. The average molecular weight is 140 g/mol. The number of nitrogens with zero attached hydrogens (tertiary/aromatic N) is 1. The van der Waals surface area contributed by atoms with Gasteiger partial charge in [0.05, 0.1) is 6.07 Å². The summed E-state index contributed by atoms with van der Waals surface area (Å²) < 4.78 is 0. The lowest BCUT2D eigenvalue weighted by Gasteiger charge is -1.82. The number of anilines is 1. The van der Waals surface area contributed by atoms with Crippen LogP contribution in [0, 0.1) is 10.1 Å². The molecule has 0 unspecified atom stereocenters. The van der Waals surface area contributed by atoms with Gasteiger partial charge >= 0.3 is 5.82 Å². The summed E-state index contributed by atoms with van der Waals surface area (Å²) in [6.07, 6.45) is 0. The first-order valence-electron chi connectivity index (χ1n) is 2.62. The zero-order valence-electron chi connectivity index (χ0n) is 5.07. The second-order valence-electron chi connectivity index (χ2n) is 1.75. The van der Waals surface area contributed by atoms with Crippen molar-refractivity contribution in [2.24, 2.45) is 0 Å². The van der Waals surface area contributed by atoms with Crippen molar-refractivity contribution in [3.05, 3.63) is 28.3 Å². The molecule has 1 rings (SSSR count). The number of hydrogen-bond acceptors (Lipinski definition) is 3. The van der Waals surface area contributed by atoms with E-state index < -0.39 is 4.92 Å². The third-order valence-electron chi connectivity index (χ3n) is 0.999. The summed E-state index contributed by atoms with van der Waals surface area (Å²) in [7, 11) is 0. The van der Waals surface area contributed by atoms with Crippen LogP contribution < -0.4 is 10.7 Å². The van der Waals surface area contributed by atoms with E-state index >= 15 is 0 Å². The zero-order valence-corrected chi connectivity index (χ0v) is 5.07. The molecular weight excluding hydrogens is 134 g/mol. The van der Waals surface area contributed by atoms with Gasteiger partial charge in [-0.05, 0) is 6.07 Å². The minimum absolute atomic E-state index is 0.0972. The summed E-state index contributed by atoms with van der Waals surface area (Å²) >= 11 is 0. The van der Waals surface area contributed by atoms with Gasteiger partial charge in [0.1, 0.15) is 4.92 Å². The van der Waals surface area contributed by atoms with Crippen molar-refractivity contribution in [2.75, 3.05) is 5.73 Å². The minimum Gasteiger partial charge on any atom is -0.346 e. The molecule has 10 heavy (non-hydrogen) atoms. The topological polar surface area (TPSA) is 83.3 Å². The number of aromatic amines is 1. The molecule has 0 bridgehead atoms. The van der Waals surface area contributed by atoms with Crippen LogP contribution in [0.2, 0.25) is 0 Å². The Morgan fingerprint density at radius 2 is 2.30 bits per heavy atom. The highest BCUT2D eigenvalue weighted by Crippen LogP contribution is 2.01. The van der Waals surface area contributed by atoms with Crippen molar-refractivity contribution >= 4 is 11.6 Å². The quantitative estimate of drug-likeness (QED) is 0.440. The van der Waals surface area contributed by atoms with E-state index in [-0.39, 0.29) is 11.6 Å². The lowest BCUT2D eigenvalue weighted by atomic mass is 10.4. The summed E-state index contributed by atoms with van der Waals surface area (Å²) in [6, 6.07) is 4.41. The molecule has 0 aromatic carbocycles. The SMILES string of the molecule is Nc1cccc([N+](=O)[O-])[nH+]1. The van der Waals surface area contributed by atoms with Crippen molar-refractivity contribution in [1.29, 1.82) is 0 Å². The highest BCUT2D eigenvalue weighted by Gasteiger charge is 2.12. The molecule has 0 fully saturated rings. The molecule has 0 saturated heterocycles. The first-order chi connectivity index (χ1) is 4.70. The van der Waals surface area contributed by atoms with Crippen molar-refractivity contribution in [3.8, 4) is 0 Å². The van der Waals surface area contributed by atoms with Crippen LogP contribution in [0.1, 0.15) is 0 Å². The van der Waals surface area contributed by atoms with Crippen LogP contribution >= 0.6 is 0 Å². The van der Waals surface area contributed by atoms with Crippen LogP contribution in [0.3, 0.4) is 0 Å². The Hall–Kier alpha value is -1.65. The summed E-state index contributed by atoms with van der Waals surface area (Å²) in [5, 5.41) is 10.1. The van der Waals surface area contributed by atoms with E-state index in [1.54, 1.807) is 6.07 Å². The Bertz CT molecular complexity index is 261. The normalized spacial score (nSPS) is 9.20. The summed E-state index contributed by atoms with van der Waals surface area (Å²) in [5.74, 6) is 0.189. The molecule has 5 nitrogen and oxygen atoms in total. The van der Waals surface area contributed by atoms with Crippen LogP contribution in [0.15, 0.2) is 18.2 Å². The molecule has 0 aliphatic carbocycles. The Kier molecular flexibility index (Phi) is 1.49. The molecule has 1 aromatic heterocycles. The molecule has 0 aliphatic heterocycles. The van der Waals surface area contributed by atoms with Gasteiger partial charge in [-0.1, -0.05) is 0 Å². The number of nitrogens with two attached hydrogens (primary N) is 1. The van der Waals surface area contributed by atoms with E-state index in [4.69, 9.17) is 5.73 Å². The number of H-pyrrole nitrogens is 1. The maximum atomic E-state index is 10.1. The number of rotatable bonds is 1. The molecule has 0 aliphatic rings. The van der Waals surface area contributed by atoms with Crippen molar-refractivity contribution in [2.45, 2.75) is 0 Å². The molecule has 1 aromatic rings. The van der Waals surface area contributed by atoms with Gasteiger partial charge in [0.25, 0.3) is 5.82 Å². The van der Waals surface area contributed by atoms with E-state index in [2.05, 4.69) is 4.98 Å². The standard InChI is InChI=1S/C5H5N3O2/c6-4-2-1-3-5(7-4)8(9)10/h1-3H,(H2,6,7)/p+1. The lowest BCUT2D eigenvalue weighted by molar-refractivity contribution is -0.519. The summed E-state index contributed by atoms with van der Waals surface area (Å²) in [5.41, 5.74) is 5.24. The molecule has 5 heteroatoms. The van der Waals surface area contributed by atoms with E-state index in [1.807, 2.05) is 0 Å². The van der Waals surface area contributed by atoms with Crippen LogP contribution in [0.25, 0.3) is 0 Å². The Labute approximate surface area is 56.6 Å². The Balaban J connectivity index is 3.07. The van der Waals surface area contributed by atoms with Gasteiger partial charge in [0, 0.05) is 6.07 Å². The van der Waals surface area contributed by atoms with Crippen molar-refractivity contribution in [1.82, 2.24) is 0 Å². The number of pyridine rings is 1. The van der Waals surface area contributed by atoms with Gasteiger partial charge in [-0.15, -0.1) is 4.98 Å². The fraction of sp³-hybridized carbons (Fsp3) is 0. The summed E-state index contributed by atoms with van der Waals surface area (Å²) in [4.78, 5) is 11.9. The fourth-order valence-electron chi connectivity index (χ4n) is 0.581. The number of hydrogen-bond donors (Lipinski definition) is 1. The zero-order chi connectivity index (χ0) is 7.56. The first-order valence-corrected chi connectivity index (χ1v) is 2.62. The predicted octanol–water partition coefficient (Wildman–Crippen LogP) is -0.00890. The van der Waals surface area contributed by atoms with Gasteiger partial charge in [-0.25, -0.2) is 0 Å². The van der Waals surface area contributed by atoms with E-state index in [1.165, 1.54) is 12.1 Å². The maximum absolute atomic E-state index is 10.1. The van der Waals surface area contributed by atoms with Gasteiger partial charge < -0.3 is 5.73 Å². The molecule has 1 heterocycles. The molecule has 0 amide bonds. The third-order valence-corrected chi connectivity index (χ3v) is 0.999. The van der Waals surface area contributed by atoms with E-state index in [0.717, 1.165) is 0 Å². The highest BCUT2D eigenvalue weighted by atomic mass is 16.6. The van der Waals surface area contributed by atoms with Crippen LogP contribution in [0.5, 0.6) is 0 Å². The monoisotopic (exact) mass is 140 g/mol. The number of nitro groups is 1. The number of nitrogens with one attached hydrogen (secondary N) is 1. The van der Waals surface area contributed by atoms with Crippen molar-refractivity contribution in [3.63, 3.8) is 0 Å². The molecule has 3 N–H and O–H groups in total. The first kappa shape index (κ1) is 6.47. The second-order valence-corrected chi connectivity index (χ2v) is 1.75. The van der Waals surface area contributed by atoms with Crippen LogP contribution in [-0.4, -0.2) is 4.92 Å². The lowest BCUT2D eigenvalue weighted by Crippen LogP contribution is -2.14. The molecule has 52 valence electrons. The molecule has 0 saturated carbocycles. The fourth-order valence-corrected chi connectivity index (χ4v) is 0.581. The minimum atomic E-state index is -0.531. The average Bonchev–Trinajstić information content (AvgIpc) is 1.88. The van der Waals surface area contributed by atoms with E-state index in [0.29, 0.717) is 0 Å². The highest BCUT2D eigenvalue weighted by molar-refractivity contribution is 5.24. The van der Waals surface area contributed by atoms with Crippen LogP contribution in [-0.2, 0) is 0 Å².